The Kier molecular flexibility index (Phi) is 7.77. The summed E-state index contributed by atoms with van der Waals surface area (Å²) in [7, 11) is 0. The molecule has 0 spiro atoms. The summed E-state index contributed by atoms with van der Waals surface area (Å²) in [5, 5.41) is 0. The van der Waals surface area contributed by atoms with Gasteiger partial charge in [0.1, 0.15) is 11.0 Å². The lowest BCUT2D eigenvalue weighted by atomic mass is 10.0. The van der Waals surface area contributed by atoms with E-state index in [1.807, 2.05) is 24.3 Å². The number of nitrogens with one attached hydrogen (secondary N) is 2. The Bertz CT molecular complexity index is 1840. The Morgan fingerprint density at radius 1 is 0.523 bits per heavy atom. The monoisotopic (exact) mass is 712 g/mol. The van der Waals surface area contributed by atoms with Crippen molar-refractivity contribution in [3.8, 4) is 41.8 Å². The van der Waals surface area contributed by atoms with Crippen molar-refractivity contribution in [2.24, 2.45) is 0 Å². The van der Waals surface area contributed by atoms with E-state index in [1.54, 1.807) is 24.3 Å². The molecule has 4 nitrogen and oxygen atoms in total. The normalized spacial score (nSPS) is 13.2. The summed E-state index contributed by atoms with van der Waals surface area (Å²) in [5.41, 5.74) is -2.19. The molecule has 0 unspecified atom stereocenters. The number of aromatic nitrogens is 2. The van der Waals surface area contributed by atoms with Crippen molar-refractivity contribution in [1.29, 1.82) is 0 Å². The van der Waals surface area contributed by atoms with Crippen LogP contribution in [0.5, 0.6) is 0 Å². The van der Waals surface area contributed by atoms with Crippen molar-refractivity contribution in [3.05, 3.63) is 72.8 Å². The van der Waals surface area contributed by atoms with Gasteiger partial charge in [-0.05, 0) is 83.2 Å². The number of thiophene rings is 2. The Morgan fingerprint density at radius 2 is 0.909 bits per heavy atom. The molecular weight excluding hydrogens is 699 g/mol. The van der Waals surface area contributed by atoms with E-state index in [-0.39, 0.29) is 33.3 Å². The van der Waals surface area contributed by atoms with Gasteiger partial charge in [0.25, 0.3) is 0 Å². The number of hydrogen-bond donors (Lipinski definition) is 2. The number of benzene rings is 3. The van der Waals surface area contributed by atoms with E-state index in [0.717, 1.165) is 64.9 Å². The van der Waals surface area contributed by atoms with Crippen LogP contribution in [0, 0.1) is 0 Å². The number of hydrogen-bond acceptors (Lipinski definition) is 10. The fourth-order valence-electron chi connectivity index (χ4n) is 4.71. The van der Waals surface area contributed by atoms with Gasteiger partial charge in [-0.15, -0.1) is 22.7 Å². The van der Waals surface area contributed by atoms with Crippen LogP contribution in [-0.2, 0) is 0 Å². The molecule has 0 saturated carbocycles. The first-order valence-corrected chi connectivity index (χ1v) is 17.3. The fourth-order valence-corrected chi connectivity index (χ4v) is 9.14. The minimum absolute atomic E-state index is 0.128. The summed E-state index contributed by atoms with van der Waals surface area (Å²) in [6, 6.07) is 20.4. The average Bonchev–Trinajstić information content (AvgIpc) is 3.78. The number of fused-ring (bicyclic) bond motifs is 2. The van der Waals surface area contributed by atoms with E-state index in [1.165, 1.54) is 59.1 Å². The third kappa shape index (κ3) is 6.02. The molecule has 0 aliphatic carbocycles. The molecule has 6 aromatic rings. The van der Waals surface area contributed by atoms with E-state index in [4.69, 9.17) is 0 Å². The molecule has 4 heterocycles. The molecule has 3 aromatic heterocycles. The number of halogens is 6. The molecule has 0 amide bonds. The fraction of sp³-hybridized carbons (Fsp3) is 0.0714. The van der Waals surface area contributed by atoms with Crippen LogP contribution in [-0.4, -0.2) is 19.8 Å². The highest BCUT2D eigenvalue weighted by Gasteiger charge is 2.31. The molecule has 1 aliphatic rings. The first-order chi connectivity index (χ1) is 21.0. The van der Waals surface area contributed by atoms with Crippen LogP contribution in [0.15, 0.2) is 82.6 Å². The van der Waals surface area contributed by atoms with Crippen LogP contribution in [0.3, 0.4) is 0 Å². The first-order valence-electron chi connectivity index (χ1n) is 12.5. The maximum absolute atomic E-state index is 12.8. The SMILES string of the molecule is FC(F)(F)Sc1ccc(-c2ccc(-c3c4c(c(-c5ccc(-c6ccc(SC(F)(F)F)cc6)s5)c5nsnc35)NSN4)s2)cc1. The van der Waals surface area contributed by atoms with Crippen LogP contribution in [0.4, 0.5) is 37.7 Å². The third-order valence-electron chi connectivity index (χ3n) is 6.47. The minimum Gasteiger partial charge on any atom is -0.309 e. The van der Waals surface area contributed by atoms with Crippen LogP contribution in [0.1, 0.15) is 0 Å². The van der Waals surface area contributed by atoms with Gasteiger partial charge in [0.05, 0.1) is 35.2 Å². The van der Waals surface area contributed by atoms with E-state index < -0.39 is 11.0 Å². The maximum Gasteiger partial charge on any atom is 0.446 e. The number of alkyl halides is 6. The molecule has 1 aliphatic heterocycles. The third-order valence-corrected chi connectivity index (χ3v) is 11.4. The topological polar surface area (TPSA) is 49.8 Å². The highest BCUT2D eigenvalue weighted by atomic mass is 32.2. The zero-order valence-electron chi connectivity index (χ0n) is 21.5. The Balaban J connectivity index is 1.24. The van der Waals surface area contributed by atoms with Crippen LogP contribution in [0.2, 0.25) is 0 Å². The highest BCUT2D eigenvalue weighted by Crippen LogP contribution is 2.54. The second-order valence-electron chi connectivity index (χ2n) is 9.24. The molecule has 0 atom stereocenters. The lowest BCUT2D eigenvalue weighted by Crippen LogP contribution is -1.98. The highest BCUT2D eigenvalue weighted by molar-refractivity contribution is 8.02. The number of rotatable bonds is 6. The van der Waals surface area contributed by atoms with Gasteiger partial charge >= 0.3 is 11.0 Å². The molecule has 224 valence electrons. The summed E-state index contributed by atoms with van der Waals surface area (Å²) in [6.07, 6.45) is 0. The zero-order valence-corrected chi connectivity index (χ0v) is 26.4. The standard InChI is InChI=1S/C28H14F6N4S6/c29-27(30,31)41-15-5-1-13(2-6-15)17-9-11-19(39-17)21-23-25(37-43-35-23)22(26-24(21)36-44-38-26)20-12-10-18(40-20)14-3-7-16(8-4-14)42-28(32,33)34/h1-12,35,37H. The van der Waals surface area contributed by atoms with Crippen LogP contribution in [0.25, 0.3) is 52.8 Å². The lowest BCUT2D eigenvalue weighted by Gasteiger charge is -2.11. The molecule has 44 heavy (non-hydrogen) atoms. The predicted octanol–water partition coefficient (Wildman–Crippen LogP) is 12.1. The quantitative estimate of drug-likeness (QED) is 0.101. The molecular formula is C28H14F6N4S6. The molecule has 0 saturated heterocycles. The van der Waals surface area contributed by atoms with E-state index in [9.17, 15) is 26.3 Å². The molecule has 2 N–H and O–H groups in total. The maximum atomic E-state index is 12.8. The van der Waals surface area contributed by atoms with Gasteiger partial charge in [0.15, 0.2) is 0 Å². The van der Waals surface area contributed by atoms with Crippen molar-refractivity contribution >= 4 is 92.5 Å². The Hall–Kier alpha value is -2.89. The van der Waals surface area contributed by atoms with Crippen molar-refractivity contribution in [3.63, 3.8) is 0 Å². The largest absolute Gasteiger partial charge is 0.446 e. The molecule has 0 bridgehead atoms. The Labute approximate surface area is 270 Å². The van der Waals surface area contributed by atoms with Crippen LogP contribution >= 0.6 is 70.1 Å². The summed E-state index contributed by atoms with van der Waals surface area (Å²) in [5.74, 6) is 0. The smallest absolute Gasteiger partial charge is 0.309 e. The molecule has 7 rings (SSSR count). The Morgan fingerprint density at radius 3 is 1.30 bits per heavy atom. The zero-order chi connectivity index (χ0) is 30.6. The molecule has 16 heteroatoms. The van der Waals surface area contributed by atoms with Crippen LogP contribution < -0.4 is 9.44 Å². The second kappa shape index (κ2) is 11.5. The summed E-state index contributed by atoms with van der Waals surface area (Å²) >= 11 is 5.16. The van der Waals surface area contributed by atoms with Gasteiger partial charge in [0, 0.05) is 40.4 Å². The van der Waals surface area contributed by atoms with Crippen molar-refractivity contribution in [2.75, 3.05) is 9.44 Å². The van der Waals surface area contributed by atoms with E-state index in [0.29, 0.717) is 11.0 Å². The second-order valence-corrected chi connectivity index (χ2v) is 14.8. The number of nitrogens with zero attached hydrogens (tertiary/aromatic N) is 2. The van der Waals surface area contributed by atoms with Gasteiger partial charge in [0.2, 0.25) is 0 Å². The molecule has 0 radical (unpaired) electrons. The van der Waals surface area contributed by atoms with Gasteiger partial charge in [-0.3, -0.25) is 0 Å². The summed E-state index contributed by atoms with van der Waals surface area (Å²) in [4.78, 5) is 3.91. The lowest BCUT2D eigenvalue weighted by molar-refractivity contribution is -0.0337. The van der Waals surface area contributed by atoms with Crippen molar-refractivity contribution in [2.45, 2.75) is 20.8 Å². The first kappa shape index (κ1) is 29.8. The van der Waals surface area contributed by atoms with Gasteiger partial charge in [-0.2, -0.15) is 35.1 Å². The van der Waals surface area contributed by atoms with E-state index in [2.05, 4.69) is 18.2 Å². The number of anilines is 2. The molecule has 3 aromatic carbocycles. The summed E-state index contributed by atoms with van der Waals surface area (Å²) in [6.45, 7) is 0. The van der Waals surface area contributed by atoms with E-state index >= 15 is 0 Å². The predicted molar refractivity (Wildman–Crippen MR) is 174 cm³/mol. The number of thioether (sulfide) groups is 2. The summed E-state index contributed by atoms with van der Waals surface area (Å²) < 4.78 is 92.5. The molecule has 0 fully saturated rings. The average molecular weight is 713 g/mol. The van der Waals surface area contributed by atoms with Gasteiger partial charge in [-0.25, -0.2) is 0 Å². The van der Waals surface area contributed by atoms with Gasteiger partial charge in [-0.1, -0.05) is 24.3 Å². The minimum atomic E-state index is -4.34. The van der Waals surface area contributed by atoms with Gasteiger partial charge < -0.3 is 9.44 Å². The van der Waals surface area contributed by atoms with Crippen molar-refractivity contribution < 1.29 is 26.3 Å². The van der Waals surface area contributed by atoms with Crippen molar-refractivity contribution in [1.82, 2.24) is 8.75 Å².